The maximum absolute atomic E-state index is 12.4. The van der Waals surface area contributed by atoms with E-state index in [-0.39, 0.29) is 11.9 Å². The Labute approximate surface area is 126 Å². The van der Waals surface area contributed by atoms with E-state index in [2.05, 4.69) is 12.2 Å². The van der Waals surface area contributed by atoms with Gasteiger partial charge in [-0.15, -0.1) is 0 Å². The number of aryl methyl sites for hydroxylation is 1. The predicted octanol–water partition coefficient (Wildman–Crippen LogP) is 2.29. The number of carbonyl (C=O) groups excluding carboxylic acids is 1. The third-order valence-electron chi connectivity index (χ3n) is 4.27. The summed E-state index contributed by atoms with van der Waals surface area (Å²) in [6, 6.07) is 5.57. The highest BCUT2D eigenvalue weighted by Crippen LogP contribution is 2.20. The number of nitrogens with one attached hydrogen (secondary N) is 2. The Bertz CT molecular complexity index is 489. The van der Waals surface area contributed by atoms with Crippen molar-refractivity contribution in [3.8, 4) is 0 Å². The molecule has 1 aliphatic heterocycles. The van der Waals surface area contributed by atoms with Crippen molar-refractivity contribution in [2.45, 2.75) is 39.7 Å². The van der Waals surface area contributed by atoms with Gasteiger partial charge in [0.15, 0.2) is 6.04 Å². The summed E-state index contributed by atoms with van der Waals surface area (Å²) in [5.74, 6) is 0.793. The van der Waals surface area contributed by atoms with Crippen molar-refractivity contribution in [1.29, 1.82) is 0 Å². The van der Waals surface area contributed by atoms with Crippen LogP contribution in [0.4, 0.5) is 5.69 Å². The minimum absolute atomic E-state index is 0.0175. The molecule has 0 radical (unpaired) electrons. The number of carbonyl (C=O) groups is 1. The topological polar surface area (TPSA) is 33.5 Å². The molecule has 2 rings (SSSR count). The molecule has 1 amide bonds. The highest BCUT2D eigenvalue weighted by atomic mass is 35.5. The van der Waals surface area contributed by atoms with Crippen LogP contribution in [0.2, 0.25) is 5.02 Å². The van der Waals surface area contributed by atoms with Crippen LogP contribution >= 0.6 is 11.6 Å². The van der Waals surface area contributed by atoms with E-state index in [1.54, 1.807) is 0 Å². The SMILES string of the molecule is Cc1ccc(Cl)cc1NC(=O)[C@H](C)[NH+]1CCC[C@H](C)C1. The molecule has 20 heavy (non-hydrogen) atoms. The molecule has 0 aromatic heterocycles. The van der Waals surface area contributed by atoms with E-state index < -0.39 is 0 Å². The first-order chi connectivity index (χ1) is 9.47. The van der Waals surface area contributed by atoms with Gasteiger partial charge >= 0.3 is 0 Å². The first-order valence-electron chi connectivity index (χ1n) is 7.39. The second-order valence-corrected chi connectivity index (χ2v) is 6.47. The van der Waals surface area contributed by atoms with Gasteiger partial charge in [-0.3, -0.25) is 4.79 Å². The monoisotopic (exact) mass is 295 g/mol. The molecule has 0 bridgehead atoms. The molecule has 1 fully saturated rings. The van der Waals surface area contributed by atoms with Crippen molar-refractivity contribution in [2.75, 3.05) is 18.4 Å². The average molecular weight is 296 g/mol. The summed E-state index contributed by atoms with van der Waals surface area (Å²) in [7, 11) is 0. The lowest BCUT2D eigenvalue weighted by Crippen LogP contribution is -3.17. The number of hydrogen-bond donors (Lipinski definition) is 2. The van der Waals surface area contributed by atoms with Gasteiger partial charge in [-0.25, -0.2) is 0 Å². The highest BCUT2D eigenvalue weighted by molar-refractivity contribution is 6.31. The second kappa shape index (κ2) is 6.59. The number of benzene rings is 1. The highest BCUT2D eigenvalue weighted by Gasteiger charge is 2.29. The molecule has 1 unspecified atom stereocenters. The van der Waals surface area contributed by atoms with Crippen molar-refractivity contribution >= 4 is 23.2 Å². The largest absolute Gasteiger partial charge is 0.325 e. The normalized spacial score (nSPS) is 24.2. The molecular formula is C16H24ClN2O+. The van der Waals surface area contributed by atoms with Crippen LogP contribution in [0.1, 0.15) is 32.3 Å². The van der Waals surface area contributed by atoms with Crippen LogP contribution < -0.4 is 10.2 Å². The van der Waals surface area contributed by atoms with Crippen LogP contribution in [0, 0.1) is 12.8 Å². The molecular weight excluding hydrogens is 272 g/mol. The van der Waals surface area contributed by atoms with Crippen LogP contribution in [0.5, 0.6) is 0 Å². The maximum Gasteiger partial charge on any atom is 0.282 e. The van der Waals surface area contributed by atoms with Crippen LogP contribution in [0.15, 0.2) is 18.2 Å². The van der Waals surface area contributed by atoms with Gasteiger partial charge in [0, 0.05) is 16.6 Å². The number of piperidine rings is 1. The summed E-state index contributed by atoms with van der Waals surface area (Å²) in [5, 5.41) is 3.67. The van der Waals surface area contributed by atoms with Crippen molar-refractivity contribution in [3.63, 3.8) is 0 Å². The third-order valence-corrected chi connectivity index (χ3v) is 4.50. The molecule has 4 heteroatoms. The van der Waals surface area contributed by atoms with Gasteiger partial charge < -0.3 is 10.2 Å². The molecule has 110 valence electrons. The first kappa shape index (κ1) is 15.3. The van der Waals surface area contributed by atoms with Crippen molar-refractivity contribution in [1.82, 2.24) is 0 Å². The number of quaternary nitrogens is 1. The molecule has 2 N–H and O–H groups in total. The fraction of sp³-hybridized carbons (Fsp3) is 0.562. The van der Waals surface area contributed by atoms with Crippen molar-refractivity contribution in [2.24, 2.45) is 5.92 Å². The molecule has 3 atom stereocenters. The van der Waals surface area contributed by atoms with Crippen LogP contribution in [0.3, 0.4) is 0 Å². The zero-order valence-corrected chi connectivity index (χ0v) is 13.3. The Kier molecular flexibility index (Phi) is 5.06. The number of hydrogen-bond acceptors (Lipinski definition) is 1. The fourth-order valence-corrected chi connectivity index (χ4v) is 3.05. The smallest absolute Gasteiger partial charge is 0.282 e. The molecule has 1 aromatic carbocycles. The van der Waals surface area contributed by atoms with E-state index in [0.717, 1.165) is 24.3 Å². The Morgan fingerprint density at radius 2 is 2.25 bits per heavy atom. The van der Waals surface area contributed by atoms with E-state index in [4.69, 9.17) is 11.6 Å². The van der Waals surface area contributed by atoms with E-state index >= 15 is 0 Å². The number of rotatable bonds is 3. The van der Waals surface area contributed by atoms with Gasteiger partial charge in [0.05, 0.1) is 13.1 Å². The Balaban J connectivity index is 2.02. The summed E-state index contributed by atoms with van der Waals surface area (Å²) < 4.78 is 0. The molecule has 1 aliphatic rings. The lowest BCUT2D eigenvalue weighted by atomic mass is 9.99. The van der Waals surface area contributed by atoms with E-state index in [1.165, 1.54) is 17.7 Å². The summed E-state index contributed by atoms with van der Waals surface area (Å²) in [6.45, 7) is 8.44. The number of anilines is 1. The lowest BCUT2D eigenvalue weighted by Gasteiger charge is -2.31. The predicted molar refractivity (Wildman–Crippen MR) is 83.4 cm³/mol. The van der Waals surface area contributed by atoms with E-state index in [0.29, 0.717) is 10.9 Å². The van der Waals surface area contributed by atoms with Gasteiger partial charge in [-0.05, 0) is 44.4 Å². The van der Waals surface area contributed by atoms with E-state index in [9.17, 15) is 4.79 Å². The van der Waals surface area contributed by atoms with Crippen LogP contribution in [-0.2, 0) is 4.79 Å². The average Bonchev–Trinajstić information content (AvgIpc) is 2.42. The summed E-state index contributed by atoms with van der Waals surface area (Å²) in [4.78, 5) is 13.8. The van der Waals surface area contributed by atoms with E-state index in [1.807, 2.05) is 32.0 Å². The zero-order chi connectivity index (χ0) is 14.7. The summed E-state index contributed by atoms with van der Waals surface area (Å²) >= 11 is 5.99. The summed E-state index contributed by atoms with van der Waals surface area (Å²) in [5.41, 5.74) is 1.86. The Hall–Kier alpha value is -1.06. The van der Waals surface area contributed by atoms with Gasteiger partial charge in [-0.2, -0.15) is 0 Å². The van der Waals surface area contributed by atoms with Crippen LogP contribution in [-0.4, -0.2) is 25.0 Å². The summed E-state index contributed by atoms with van der Waals surface area (Å²) in [6.07, 6.45) is 2.50. The number of amides is 1. The lowest BCUT2D eigenvalue weighted by molar-refractivity contribution is -0.922. The molecule has 1 aromatic rings. The fourth-order valence-electron chi connectivity index (χ4n) is 2.88. The molecule has 0 spiro atoms. The second-order valence-electron chi connectivity index (χ2n) is 6.03. The van der Waals surface area contributed by atoms with Gasteiger partial charge in [0.1, 0.15) is 0 Å². The Morgan fingerprint density at radius 1 is 1.50 bits per heavy atom. The molecule has 0 aliphatic carbocycles. The van der Waals surface area contributed by atoms with Crippen molar-refractivity contribution in [3.05, 3.63) is 28.8 Å². The minimum atomic E-state index is -0.0175. The maximum atomic E-state index is 12.4. The minimum Gasteiger partial charge on any atom is -0.325 e. The number of halogens is 1. The quantitative estimate of drug-likeness (QED) is 0.881. The van der Waals surface area contributed by atoms with Gasteiger partial charge in [0.2, 0.25) is 0 Å². The van der Waals surface area contributed by atoms with Gasteiger partial charge in [-0.1, -0.05) is 24.6 Å². The van der Waals surface area contributed by atoms with Gasteiger partial charge in [0.25, 0.3) is 5.91 Å². The van der Waals surface area contributed by atoms with Crippen molar-refractivity contribution < 1.29 is 9.69 Å². The van der Waals surface area contributed by atoms with Crippen LogP contribution in [0.25, 0.3) is 0 Å². The Morgan fingerprint density at radius 3 is 2.95 bits per heavy atom. The standard InChI is InChI=1S/C16H23ClN2O/c1-11-5-4-8-19(10-11)13(3)16(20)18-15-9-14(17)7-6-12(15)2/h6-7,9,11,13H,4-5,8,10H2,1-3H3,(H,18,20)/p+1/t11-,13-/m0/s1. The molecule has 3 nitrogen and oxygen atoms in total. The molecule has 0 saturated carbocycles. The first-order valence-corrected chi connectivity index (χ1v) is 7.76. The number of likely N-dealkylation sites (tertiary alicyclic amines) is 1. The molecule has 1 saturated heterocycles. The third kappa shape index (κ3) is 3.74. The molecule has 1 heterocycles. The zero-order valence-electron chi connectivity index (χ0n) is 12.5.